The summed E-state index contributed by atoms with van der Waals surface area (Å²) in [5.74, 6) is -0.228. The summed E-state index contributed by atoms with van der Waals surface area (Å²) in [6.45, 7) is -0.314. The highest BCUT2D eigenvalue weighted by Gasteiger charge is 2.34. The average Bonchev–Trinajstić information content (AvgIpc) is 2.47. The van der Waals surface area contributed by atoms with Crippen molar-refractivity contribution >= 4 is 0 Å². The zero-order chi connectivity index (χ0) is 15.3. The Balaban J connectivity index is 2.09. The molecule has 112 valence electrons. The van der Waals surface area contributed by atoms with Gasteiger partial charge in [0, 0.05) is 18.8 Å². The molecular formula is C15H14F3NO2. The Hall–Kier alpha value is -2.08. The van der Waals surface area contributed by atoms with E-state index in [0.29, 0.717) is 6.42 Å². The van der Waals surface area contributed by atoms with Crippen LogP contribution >= 0.6 is 0 Å². The lowest BCUT2D eigenvalue weighted by molar-refractivity contribution is -0.139. The molecule has 0 saturated carbocycles. The summed E-state index contributed by atoms with van der Waals surface area (Å²) < 4.78 is 44.1. The molecule has 0 fully saturated rings. The fourth-order valence-electron chi connectivity index (χ4n) is 1.85. The standard InChI is InChI=1S/C15H14F3NO2/c16-15(17,18)13-9-12(10-20)1-2-14(13)21-8-5-11-3-6-19-7-4-11/h1-4,6-7,9,20H,5,8,10H2. The van der Waals surface area contributed by atoms with Crippen LogP contribution < -0.4 is 4.74 Å². The van der Waals surface area contributed by atoms with Crippen molar-refractivity contribution in [1.82, 2.24) is 4.98 Å². The first-order chi connectivity index (χ1) is 10.0. The van der Waals surface area contributed by atoms with Crippen molar-refractivity contribution in [1.29, 1.82) is 0 Å². The molecule has 0 aliphatic heterocycles. The molecule has 2 rings (SSSR count). The highest BCUT2D eigenvalue weighted by Crippen LogP contribution is 2.36. The van der Waals surface area contributed by atoms with Crippen LogP contribution in [0.2, 0.25) is 0 Å². The molecule has 0 unspecified atom stereocenters. The Bertz CT molecular complexity index is 585. The molecule has 0 aliphatic rings. The molecule has 0 atom stereocenters. The van der Waals surface area contributed by atoms with E-state index in [1.54, 1.807) is 24.5 Å². The van der Waals surface area contributed by atoms with Crippen LogP contribution in [-0.2, 0) is 19.2 Å². The van der Waals surface area contributed by atoms with E-state index in [1.165, 1.54) is 12.1 Å². The Morgan fingerprint density at radius 2 is 1.76 bits per heavy atom. The van der Waals surface area contributed by atoms with Gasteiger partial charge in [-0.2, -0.15) is 13.2 Å². The summed E-state index contributed by atoms with van der Waals surface area (Å²) >= 11 is 0. The Kier molecular flexibility index (Phi) is 4.80. The van der Waals surface area contributed by atoms with E-state index in [1.807, 2.05) is 0 Å². The number of aliphatic hydroxyl groups excluding tert-OH is 1. The van der Waals surface area contributed by atoms with Gasteiger partial charge in [0.05, 0.1) is 18.8 Å². The van der Waals surface area contributed by atoms with Gasteiger partial charge in [0.15, 0.2) is 0 Å². The average molecular weight is 297 g/mol. The fraction of sp³-hybridized carbons (Fsp3) is 0.267. The minimum absolute atomic E-state index is 0.131. The van der Waals surface area contributed by atoms with Gasteiger partial charge in [-0.1, -0.05) is 6.07 Å². The van der Waals surface area contributed by atoms with Gasteiger partial charge in [0.1, 0.15) is 5.75 Å². The molecule has 21 heavy (non-hydrogen) atoms. The van der Waals surface area contributed by atoms with Gasteiger partial charge in [-0.25, -0.2) is 0 Å². The molecule has 0 aliphatic carbocycles. The number of hydrogen-bond acceptors (Lipinski definition) is 3. The van der Waals surface area contributed by atoms with Gasteiger partial charge in [-0.05, 0) is 35.4 Å². The van der Waals surface area contributed by atoms with E-state index >= 15 is 0 Å². The zero-order valence-corrected chi connectivity index (χ0v) is 11.1. The molecule has 0 saturated heterocycles. The number of nitrogens with zero attached hydrogens (tertiary/aromatic N) is 1. The molecule has 0 spiro atoms. The number of ether oxygens (including phenoxy) is 1. The first-order valence-corrected chi connectivity index (χ1v) is 6.33. The minimum Gasteiger partial charge on any atom is -0.493 e. The number of halogens is 3. The lowest BCUT2D eigenvalue weighted by Crippen LogP contribution is -2.11. The number of alkyl halides is 3. The van der Waals surface area contributed by atoms with Crippen molar-refractivity contribution in [3.63, 3.8) is 0 Å². The summed E-state index contributed by atoms with van der Waals surface area (Å²) in [7, 11) is 0. The van der Waals surface area contributed by atoms with Gasteiger partial charge in [-0.3, -0.25) is 4.98 Å². The quantitative estimate of drug-likeness (QED) is 0.921. The molecule has 1 N–H and O–H groups in total. The first kappa shape index (κ1) is 15.3. The van der Waals surface area contributed by atoms with Crippen LogP contribution in [0.5, 0.6) is 5.75 Å². The van der Waals surface area contributed by atoms with Crippen LogP contribution in [0.3, 0.4) is 0 Å². The van der Waals surface area contributed by atoms with Crippen molar-refractivity contribution in [2.24, 2.45) is 0 Å². The van der Waals surface area contributed by atoms with E-state index in [9.17, 15) is 13.2 Å². The maximum absolute atomic E-state index is 12.9. The zero-order valence-electron chi connectivity index (χ0n) is 11.1. The minimum atomic E-state index is -4.52. The summed E-state index contributed by atoms with van der Waals surface area (Å²) in [5, 5.41) is 8.93. The summed E-state index contributed by atoms with van der Waals surface area (Å²) in [6.07, 6.45) is -0.794. The van der Waals surface area contributed by atoms with Crippen LogP contribution in [0.15, 0.2) is 42.7 Å². The second-order valence-corrected chi connectivity index (χ2v) is 4.44. The van der Waals surface area contributed by atoms with Gasteiger partial charge in [0.2, 0.25) is 0 Å². The fourth-order valence-corrected chi connectivity index (χ4v) is 1.85. The monoisotopic (exact) mass is 297 g/mol. The van der Waals surface area contributed by atoms with Crippen molar-refractivity contribution in [2.45, 2.75) is 19.2 Å². The maximum atomic E-state index is 12.9. The van der Waals surface area contributed by atoms with Crippen LogP contribution in [0.25, 0.3) is 0 Å². The molecule has 1 heterocycles. The molecule has 1 aromatic heterocycles. The first-order valence-electron chi connectivity index (χ1n) is 6.33. The molecular weight excluding hydrogens is 283 g/mol. The smallest absolute Gasteiger partial charge is 0.419 e. The molecule has 0 amide bonds. The van der Waals surface area contributed by atoms with Crippen molar-refractivity contribution in [2.75, 3.05) is 6.61 Å². The number of pyridine rings is 1. The molecule has 0 radical (unpaired) electrons. The topological polar surface area (TPSA) is 42.4 Å². The second kappa shape index (κ2) is 6.58. The lowest BCUT2D eigenvalue weighted by Gasteiger charge is -2.15. The Morgan fingerprint density at radius 3 is 2.38 bits per heavy atom. The molecule has 2 aromatic rings. The van der Waals surface area contributed by atoms with Gasteiger partial charge in [0.25, 0.3) is 0 Å². The third kappa shape index (κ3) is 4.19. The van der Waals surface area contributed by atoms with E-state index in [2.05, 4.69) is 4.98 Å². The van der Waals surface area contributed by atoms with Gasteiger partial charge in [-0.15, -0.1) is 0 Å². The third-order valence-electron chi connectivity index (χ3n) is 2.93. The maximum Gasteiger partial charge on any atom is 0.419 e. The van der Waals surface area contributed by atoms with Crippen molar-refractivity contribution < 1.29 is 23.0 Å². The molecule has 1 aromatic carbocycles. The van der Waals surface area contributed by atoms with Crippen molar-refractivity contribution in [3.8, 4) is 5.75 Å². The second-order valence-electron chi connectivity index (χ2n) is 4.44. The van der Waals surface area contributed by atoms with Crippen LogP contribution in [0.4, 0.5) is 13.2 Å². The number of aromatic nitrogens is 1. The van der Waals surface area contributed by atoms with E-state index in [-0.39, 0.29) is 17.9 Å². The molecule has 6 heteroatoms. The van der Waals surface area contributed by atoms with Crippen LogP contribution in [0.1, 0.15) is 16.7 Å². The molecule has 3 nitrogen and oxygen atoms in total. The Morgan fingerprint density at radius 1 is 1.05 bits per heavy atom. The normalized spacial score (nSPS) is 11.4. The SMILES string of the molecule is OCc1ccc(OCCc2ccncc2)c(C(F)(F)F)c1. The number of hydrogen-bond donors (Lipinski definition) is 1. The third-order valence-corrected chi connectivity index (χ3v) is 2.93. The van der Waals surface area contributed by atoms with Gasteiger partial charge < -0.3 is 9.84 Å². The predicted octanol–water partition coefficient (Wildman–Crippen LogP) is 3.21. The highest BCUT2D eigenvalue weighted by atomic mass is 19.4. The van der Waals surface area contributed by atoms with E-state index in [0.717, 1.165) is 11.6 Å². The highest BCUT2D eigenvalue weighted by molar-refractivity contribution is 5.39. The van der Waals surface area contributed by atoms with Crippen LogP contribution in [0, 0.1) is 0 Å². The molecule has 0 bridgehead atoms. The van der Waals surface area contributed by atoms with E-state index in [4.69, 9.17) is 9.84 Å². The largest absolute Gasteiger partial charge is 0.493 e. The van der Waals surface area contributed by atoms with E-state index < -0.39 is 18.3 Å². The number of benzene rings is 1. The van der Waals surface area contributed by atoms with Gasteiger partial charge >= 0.3 is 6.18 Å². The summed E-state index contributed by atoms with van der Waals surface area (Å²) in [5.41, 5.74) is 0.262. The lowest BCUT2D eigenvalue weighted by atomic mass is 10.1. The summed E-state index contributed by atoms with van der Waals surface area (Å²) in [4.78, 5) is 3.86. The van der Waals surface area contributed by atoms with Crippen molar-refractivity contribution in [3.05, 3.63) is 59.4 Å². The van der Waals surface area contributed by atoms with Crippen LogP contribution in [-0.4, -0.2) is 16.7 Å². The number of rotatable bonds is 5. The predicted molar refractivity (Wildman–Crippen MR) is 70.8 cm³/mol. The Labute approximate surface area is 120 Å². The number of aliphatic hydroxyl groups is 1. The summed E-state index contributed by atoms with van der Waals surface area (Å²) in [6, 6.07) is 7.12.